The van der Waals surface area contributed by atoms with E-state index in [9.17, 15) is 14.4 Å². The van der Waals surface area contributed by atoms with Crippen LogP contribution in [0.5, 0.6) is 0 Å². The molecule has 454 valence electrons. The molecule has 6 nitrogen and oxygen atoms in total. The first-order chi connectivity index (χ1) is 38.0. The number of rotatable bonds is 65. The van der Waals surface area contributed by atoms with Crippen molar-refractivity contribution in [2.24, 2.45) is 0 Å². The third-order valence-electron chi connectivity index (χ3n) is 15.9. The van der Waals surface area contributed by atoms with Crippen LogP contribution in [0.1, 0.15) is 393 Å². The largest absolute Gasteiger partial charge is 0.462 e. The van der Waals surface area contributed by atoms with Gasteiger partial charge in [0, 0.05) is 19.3 Å². The van der Waals surface area contributed by atoms with Gasteiger partial charge in [0.25, 0.3) is 0 Å². The lowest BCUT2D eigenvalue weighted by Crippen LogP contribution is -2.30. The second-order valence-corrected chi connectivity index (χ2v) is 23.8. The Labute approximate surface area is 481 Å². The lowest BCUT2D eigenvalue weighted by atomic mass is 10.0. The van der Waals surface area contributed by atoms with Gasteiger partial charge in [0.1, 0.15) is 13.2 Å². The van der Waals surface area contributed by atoms with Crippen LogP contribution in [0, 0.1) is 0 Å². The fourth-order valence-electron chi connectivity index (χ4n) is 10.7. The molecule has 0 saturated heterocycles. The summed E-state index contributed by atoms with van der Waals surface area (Å²) in [5.74, 6) is -0.850. The molecule has 0 N–H and O–H groups in total. The molecule has 77 heavy (non-hydrogen) atoms. The molecule has 0 fully saturated rings. The molecule has 6 heteroatoms. The number of esters is 3. The fourth-order valence-corrected chi connectivity index (χ4v) is 10.7. The van der Waals surface area contributed by atoms with Crippen LogP contribution >= 0.6 is 0 Å². The number of ether oxygens (including phenoxy) is 3. The summed E-state index contributed by atoms with van der Waals surface area (Å²) in [5.41, 5.74) is 0. The highest BCUT2D eigenvalue weighted by molar-refractivity contribution is 5.71. The van der Waals surface area contributed by atoms with E-state index < -0.39 is 6.10 Å². The number of carbonyl (C=O) groups is 3. The molecular formula is C71H134O6. The zero-order valence-electron chi connectivity index (χ0n) is 52.3. The van der Waals surface area contributed by atoms with Gasteiger partial charge in [-0.05, 0) is 70.6 Å². The maximum Gasteiger partial charge on any atom is 0.306 e. The van der Waals surface area contributed by atoms with Crippen LogP contribution in [0.15, 0.2) is 24.3 Å². The van der Waals surface area contributed by atoms with Gasteiger partial charge in [0.15, 0.2) is 6.10 Å². The number of hydrogen-bond acceptors (Lipinski definition) is 6. The molecule has 1 unspecified atom stereocenters. The van der Waals surface area contributed by atoms with Gasteiger partial charge in [-0.25, -0.2) is 0 Å². The summed E-state index contributed by atoms with van der Waals surface area (Å²) in [6, 6.07) is 0. The van der Waals surface area contributed by atoms with Crippen molar-refractivity contribution in [3.63, 3.8) is 0 Å². The van der Waals surface area contributed by atoms with Crippen LogP contribution in [-0.2, 0) is 28.6 Å². The number of allylic oxidation sites excluding steroid dienone is 4. The summed E-state index contributed by atoms with van der Waals surface area (Å²) in [6.45, 7) is 6.70. The Bertz CT molecular complexity index is 1240. The Balaban J connectivity index is 4.25. The third-order valence-corrected chi connectivity index (χ3v) is 15.9. The minimum atomic E-state index is -0.774. The molecule has 0 aromatic heterocycles. The van der Waals surface area contributed by atoms with Gasteiger partial charge < -0.3 is 14.2 Å². The maximum atomic E-state index is 12.9. The number of unbranched alkanes of at least 4 members (excludes halogenated alkanes) is 50. The molecule has 0 aliphatic carbocycles. The molecule has 0 saturated carbocycles. The minimum Gasteiger partial charge on any atom is -0.462 e. The van der Waals surface area contributed by atoms with E-state index in [1.54, 1.807) is 0 Å². The van der Waals surface area contributed by atoms with E-state index in [1.165, 1.54) is 289 Å². The van der Waals surface area contributed by atoms with Gasteiger partial charge in [-0.2, -0.15) is 0 Å². The lowest BCUT2D eigenvalue weighted by molar-refractivity contribution is -0.167. The predicted octanol–water partition coefficient (Wildman–Crippen LogP) is 23.8. The van der Waals surface area contributed by atoms with Crippen molar-refractivity contribution in [1.29, 1.82) is 0 Å². The van der Waals surface area contributed by atoms with Crippen LogP contribution in [0.2, 0.25) is 0 Å². The fraction of sp³-hybridized carbons (Fsp3) is 0.901. The normalized spacial score (nSPS) is 12.1. The van der Waals surface area contributed by atoms with E-state index in [1.807, 2.05) is 0 Å². The van der Waals surface area contributed by atoms with Gasteiger partial charge in [-0.15, -0.1) is 0 Å². The van der Waals surface area contributed by atoms with E-state index in [0.29, 0.717) is 19.3 Å². The van der Waals surface area contributed by atoms with Crippen molar-refractivity contribution < 1.29 is 28.6 Å². The first-order valence-corrected chi connectivity index (χ1v) is 34.8. The van der Waals surface area contributed by atoms with Crippen molar-refractivity contribution in [2.45, 2.75) is 399 Å². The molecule has 0 amide bonds. The molecule has 0 rings (SSSR count). The van der Waals surface area contributed by atoms with Crippen molar-refractivity contribution in [2.75, 3.05) is 13.2 Å². The van der Waals surface area contributed by atoms with Gasteiger partial charge in [-0.1, -0.05) is 328 Å². The molecular weight excluding hydrogens is 949 g/mol. The quantitative estimate of drug-likeness (QED) is 0.0261. The van der Waals surface area contributed by atoms with Gasteiger partial charge in [0.2, 0.25) is 0 Å². The second kappa shape index (κ2) is 66.4. The monoisotopic (exact) mass is 1080 g/mol. The molecule has 1 atom stereocenters. The molecule has 0 aromatic carbocycles. The molecule has 0 bridgehead atoms. The van der Waals surface area contributed by atoms with Crippen LogP contribution < -0.4 is 0 Å². The van der Waals surface area contributed by atoms with Crippen molar-refractivity contribution in [3.05, 3.63) is 24.3 Å². The molecule has 0 aromatic rings. The Morgan fingerprint density at radius 1 is 0.247 bits per heavy atom. The number of hydrogen-bond donors (Lipinski definition) is 0. The van der Waals surface area contributed by atoms with E-state index in [0.717, 1.165) is 64.2 Å². The Kier molecular flexibility index (Phi) is 64.6. The van der Waals surface area contributed by atoms with Gasteiger partial charge in [0.05, 0.1) is 0 Å². The zero-order valence-corrected chi connectivity index (χ0v) is 52.3. The topological polar surface area (TPSA) is 78.9 Å². The van der Waals surface area contributed by atoms with Crippen LogP contribution in [0.25, 0.3) is 0 Å². The smallest absolute Gasteiger partial charge is 0.306 e. The Morgan fingerprint density at radius 2 is 0.429 bits per heavy atom. The highest BCUT2D eigenvalue weighted by atomic mass is 16.6. The van der Waals surface area contributed by atoms with Crippen molar-refractivity contribution in [3.8, 4) is 0 Å². The van der Waals surface area contributed by atoms with Crippen molar-refractivity contribution >= 4 is 17.9 Å². The van der Waals surface area contributed by atoms with Crippen LogP contribution in [0.4, 0.5) is 0 Å². The minimum absolute atomic E-state index is 0.0693. The highest BCUT2D eigenvalue weighted by Gasteiger charge is 2.19. The summed E-state index contributed by atoms with van der Waals surface area (Å²) in [5, 5.41) is 0. The van der Waals surface area contributed by atoms with Crippen molar-refractivity contribution in [1.82, 2.24) is 0 Å². The first-order valence-electron chi connectivity index (χ1n) is 34.8. The highest BCUT2D eigenvalue weighted by Crippen LogP contribution is 2.18. The summed E-state index contributed by atoms with van der Waals surface area (Å²) in [6.07, 6.45) is 80.6. The molecule has 0 spiro atoms. The second-order valence-electron chi connectivity index (χ2n) is 23.8. The summed E-state index contributed by atoms with van der Waals surface area (Å²) in [4.78, 5) is 38.4. The summed E-state index contributed by atoms with van der Waals surface area (Å²) < 4.78 is 17.0. The Morgan fingerprint density at radius 3 is 0.649 bits per heavy atom. The van der Waals surface area contributed by atoms with E-state index in [-0.39, 0.29) is 31.1 Å². The maximum absolute atomic E-state index is 12.9. The SMILES string of the molecule is CCCCCCCC/C=C\CCCCCCCCCCCC(=O)OC(COC(=O)CCCCCCC/C=C\CCCCCCCC)COC(=O)CCCCCCCCCCCCCCCCCCCCCCCCCCC. The standard InChI is InChI=1S/C71H134O6/c1-4-7-10-13-16-19-22-25-28-30-32-33-34-35-36-37-39-40-43-46-49-52-55-58-61-64-70(73)76-67-68(66-75-69(72)63-60-57-54-51-48-45-42-27-24-21-18-15-12-9-6-3)77-71(74)65-62-59-56-53-50-47-44-41-38-31-29-26-23-20-17-14-11-8-5-2/h26-27,29,42,68H,4-25,28,30-41,43-67H2,1-3H3/b29-26-,42-27-. The summed E-state index contributed by atoms with van der Waals surface area (Å²) >= 11 is 0. The van der Waals surface area contributed by atoms with Gasteiger partial charge >= 0.3 is 17.9 Å². The van der Waals surface area contributed by atoms with E-state index in [4.69, 9.17) is 14.2 Å². The molecule has 0 aliphatic rings. The van der Waals surface area contributed by atoms with E-state index in [2.05, 4.69) is 45.1 Å². The first kappa shape index (κ1) is 74.9. The van der Waals surface area contributed by atoms with Crippen LogP contribution in [0.3, 0.4) is 0 Å². The molecule has 0 heterocycles. The van der Waals surface area contributed by atoms with Crippen LogP contribution in [-0.4, -0.2) is 37.2 Å². The summed E-state index contributed by atoms with van der Waals surface area (Å²) in [7, 11) is 0. The average molecular weight is 1080 g/mol. The van der Waals surface area contributed by atoms with E-state index >= 15 is 0 Å². The Hall–Kier alpha value is -2.11. The molecule has 0 radical (unpaired) electrons. The number of carbonyl (C=O) groups excluding carboxylic acids is 3. The lowest BCUT2D eigenvalue weighted by Gasteiger charge is -2.18. The molecule has 0 aliphatic heterocycles. The average Bonchev–Trinajstić information content (AvgIpc) is 3.43. The zero-order chi connectivity index (χ0) is 55.7. The third kappa shape index (κ3) is 64.6. The van der Waals surface area contributed by atoms with Gasteiger partial charge in [-0.3, -0.25) is 14.4 Å². The predicted molar refractivity (Wildman–Crippen MR) is 335 cm³/mol.